The maximum Gasteiger partial charge on any atom is 0.358 e. The number of hydrogen-bond donors (Lipinski definition) is 2. The van der Waals surface area contributed by atoms with Gasteiger partial charge in [-0.15, -0.1) is 5.10 Å². The van der Waals surface area contributed by atoms with Gasteiger partial charge >= 0.3 is 5.97 Å². The van der Waals surface area contributed by atoms with E-state index in [1.54, 1.807) is 4.68 Å². The Morgan fingerprint density at radius 1 is 1.69 bits per heavy atom. The Balaban J connectivity index is 1.70. The van der Waals surface area contributed by atoms with Crippen molar-refractivity contribution in [3.05, 3.63) is 11.9 Å². The topological polar surface area (TPSA) is 80.0 Å². The fourth-order valence-corrected chi connectivity index (χ4v) is 1.96. The second-order valence-corrected chi connectivity index (χ2v) is 4.40. The van der Waals surface area contributed by atoms with E-state index < -0.39 is 5.97 Å². The summed E-state index contributed by atoms with van der Waals surface area (Å²) in [6.07, 6.45) is 3.92. The molecule has 1 aromatic rings. The first kappa shape index (κ1) is 11.1. The summed E-state index contributed by atoms with van der Waals surface area (Å²) < 4.78 is 1.55. The van der Waals surface area contributed by atoms with E-state index in [0.29, 0.717) is 12.6 Å². The Hall–Kier alpha value is -1.43. The SMILES string of the molecule is CC1CC(NCCn2cc(C(=O)O)nn2)C1. The maximum atomic E-state index is 10.6. The van der Waals surface area contributed by atoms with Crippen molar-refractivity contribution in [3.63, 3.8) is 0 Å². The third-order valence-electron chi connectivity index (χ3n) is 2.91. The lowest BCUT2D eigenvalue weighted by atomic mass is 9.82. The first-order chi connectivity index (χ1) is 7.65. The highest BCUT2D eigenvalue weighted by Crippen LogP contribution is 2.25. The second-order valence-electron chi connectivity index (χ2n) is 4.40. The van der Waals surface area contributed by atoms with Crippen LogP contribution in [0.3, 0.4) is 0 Å². The minimum atomic E-state index is -1.04. The molecule has 1 aliphatic rings. The number of nitrogens with zero attached hydrogens (tertiary/aromatic N) is 3. The van der Waals surface area contributed by atoms with Crippen LogP contribution in [-0.4, -0.2) is 38.7 Å². The molecule has 6 nitrogen and oxygen atoms in total. The Morgan fingerprint density at radius 2 is 2.44 bits per heavy atom. The summed E-state index contributed by atoms with van der Waals surface area (Å²) in [7, 11) is 0. The summed E-state index contributed by atoms with van der Waals surface area (Å²) in [6, 6.07) is 0.623. The average Bonchev–Trinajstić information content (AvgIpc) is 2.63. The van der Waals surface area contributed by atoms with Crippen LogP contribution in [0.2, 0.25) is 0 Å². The van der Waals surface area contributed by atoms with Gasteiger partial charge in [0.05, 0.1) is 12.7 Å². The lowest BCUT2D eigenvalue weighted by Gasteiger charge is -2.33. The molecule has 0 aliphatic heterocycles. The lowest BCUT2D eigenvalue weighted by Crippen LogP contribution is -2.41. The van der Waals surface area contributed by atoms with Crippen LogP contribution in [-0.2, 0) is 6.54 Å². The molecule has 0 unspecified atom stereocenters. The largest absolute Gasteiger partial charge is 0.476 e. The number of rotatable bonds is 5. The van der Waals surface area contributed by atoms with Crippen LogP contribution >= 0.6 is 0 Å². The van der Waals surface area contributed by atoms with E-state index in [4.69, 9.17) is 5.11 Å². The third-order valence-corrected chi connectivity index (χ3v) is 2.91. The fourth-order valence-electron chi connectivity index (χ4n) is 1.96. The number of nitrogens with one attached hydrogen (secondary N) is 1. The monoisotopic (exact) mass is 224 g/mol. The van der Waals surface area contributed by atoms with Crippen molar-refractivity contribution in [2.75, 3.05) is 6.54 Å². The van der Waals surface area contributed by atoms with Crippen LogP contribution in [0.5, 0.6) is 0 Å². The molecule has 0 spiro atoms. The van der Waals surface area contributed by atoms with Crippen LogP contribution in [0.15, 0.2) is 6.20 Å². The molecular formula is C10H16N4O2. The summed E-state index contributed by atoms with van der Waals surface area (Å²) >= 11 is 0. The van der Waals surface area contributed by atoms with Gasteiger partial charge in [0.1, 0.15) is 0 Å². The number of aromatic carboxylic acids is 1. The molecule has 0 amide bonds. The molecular weight excluding hydrogens is 208 g/mol. The normalized spacial score (nSPS) is 24.1. The molecule has 0 radical (unpaired) electrons. The van der Waals surface area contributed by atoms with Gasteiger partial charge in [0.15, 0.2) is 5.69 Å². The van der Waals surface area contributed by atoms with Gasteiger partial charge in [0, 0.05) is 12.6 Å². The van der Waals surface area contributed by atoms with Crippen LogP contribution in [0, 0.1) is 5.92 Å². The fraction of sp³-hybridized carbons (Fsp3) is 0.700. The molecule has 6 heteroatoms. The number of carboxylic acids is 1. The first-order valence-electron chi connectivity index (χ1n) is 5.52. The molecule has 0 aromatic carbocycles. The van der Waals surface area contributed by atoms with Gasteiger partial charge in [-0.25, -0.2) is 4.79 Å². The van der Waals surface area contributed by atoms with Crippen molar-refractivity contribution in [1.29, 1.82) is 0 Å². The van der Waals surface area contributed by atoms with E-state index in [9.17, 15) is 4.79 Å². The Bertz CT molecular complexity index is 371. The molecule has 0 saturated heterocycles. The summed E-state index contributed by atoms with van der Waals surface area (Å²) in [5.74, 6) is -0.200. The summed E-state index contributed by atoms with van der Waals surface area (Å²) in [5, 5.41) is 19.3. The predicted octanol–water partition coefficient (Wildman–Crippen LogP) is 0.364. The second kappa shape index (κ2) is 4.61. The van der Waals surface area contributed by atoms with Crippen molar-refractivity contribution < 1.29 is 9.90 Å². The Morgan fingerprint density at radius 3 is 3.00 bits per heavy atom. The number of aromatic nitrogens is 3. The van der Waals surface area contributed by atoms with Gasteiger partial charge in [0.25, 0.3) is 0 Å². The zero-order chi connectivity index (χ0) is 11.5. The molecule has 0 atom stereocenters. The van der Waals surface area contributed by atoms with Crippen molar-refractivity contribution in [1.82, 2.24) is 20.3 Å². The van der Waals surface area contributed by atoms with E-state index >= 15 is 0 Å². The summed E-state index contributed by atoms with van der Waals surface area (Å²) in [4.78, 5) is 10.6. The molecule has 2 rings (SSSR count). The molecule has 1 heterocycles. The quantitative estimate of drug-likeness (QED) is 0.755. The van der Waals surface area contributed by atoms with E-state index in [1.165, 1.54) is 19.0 Å². The van der Waals surface area contributed by atoms with E-state index in [0.717, 1.165) is 12.5 Å². The minimum Gasteiger partial charge on any atom is -0.476 e. The van der Waals surface area contributed by atoms with Crippen molar-refractivity contribution in [2.24, 2.45) is 5.92 Å². The highest BCUT2D eigenvalue weighted by Gasteiger charge is 2.24. The van der Waals surface area contributed by atoms with Crippen LogP contribution in [0.25, 0.3) is 0 Å². The van der Waals surface area contributed by atoms with Gasteiger partial charge < -0.3 is 10.4 Å². The molecule has 16 heavy (non-hydrogen) atoms. The summed E-state index contributed by atoms with van der Waals surface area (Å²) in [6.45, 7) is 3.71. The van der Waals surface area contributed by atoms with Crippen molar-refractivity contribution in [2.45, 2.75) is 32.4 Å². The zero-order valence-electron chi connectivity index (χ0n) is 9.26. The Kier molecular flexibility index (Phi) is 3.19. The summed E-state index contributed by atoms with van der Waals surface area (Å²) in [5.41, 5.74) is -0.00253. The van der Waals surface area contributed by atoms with Gasteiger partial charge in [-0.2, -0.15) is 0 Å². The van der Waals surface area contributed by atoms with E-state index in [-0.39, 0.29) is 5.69 Å². The Labute approximate surface area is 93.6 Å². The van der Waals surface area contributed by atoms with Crippen LogP contribution in [0.4, 0.5) is 0 Å². The van der Waals surface area contributed by atoms with Crippen molar-refractivity contribution >= 4 is 5.97 Å². The highest BCUT2D eigenvalue weighted by molar-refractivity contribution is 5.84. The number of carbonyl (C=O) groups is 1. The van der Waals surface area contributed by atoms with E-state index in [1.807, 2.05) is 0 Å². The maximum absolute atomic E-state index is 10.6. The average molecular weight is 224 g/mol. The predicted molar refractivity (Wildman–Crippen MR) is 57.2 cm³/mol. The molecule has 1 aliphatic carbocycles. The molecule has 2 N–H and O–H groups in total. The van der Waals surface area contributed by atoms with Crippen molar-refractivity contribution in [3.8, 4) is 0 Å². The first-order valence-corrected chi connectivity index (χ1v) is 5.52. The van der Waals surface area contributed by atoms with Gasteiger partial charge in [-0.3, -0.25) is 4.68 Å². The van der Waals surface area contributed by atoms with Gasteiger partial charge in [-0.05, 0) is 18.8 Å². The van der Waals surface area contributed by atoms with Gasteiger partial charge in [-0.1, -0.05) is 12.1 Å². The number of carboxylic acid groups (broad SMARTS) is 1. The highest BCUT2D eigenvalue weighted by atomic mass is 16.4. The molecule has 0 bridgehead atoms. The minimum absolute atomic E-state index is 0.00253. The number of hydrogen-bond acceptors (Lipinski definition) is 4. The zero-order valence-corrected chi connectivity index (χ0v) is 9.26. The molecule has 1 saturated carbocycles. The third kappa shape index (κ3) is 2.57. The van der Waals surface area contributed by atoms with E-state index in [2.05, 4.69) is 22.6 Å². The lowest BCUT2D eigenvalue weighted by molar-refractivity contribution is 0.0690. The van der Waals surface area contributed by atoms with Crippen LogP contribution < -0.4 is 5.32 Å². The molecule has 1 fully saturated rings. The van der Waals surface area contributed by atoms with Crippen LogP contribution in [0.1, 0.15) is 30.3 Å². The smallest absolute Gasteiger partial charge is 0.358 e. The molecule has 88 valence electrons. The molecule has 1 aromatic heterocycles. The van der Waals surface area contributed by atoms with Gasteiger partial charge in [0.2, 0.25) is 0 Å². The standard InChI is InChI=1S/C10H16N4O2/c1-7-4-8(5-7)11-2-3-14-6-9(10(15)16)12-13-14/h6-8,11H,2-5H2,1H3,(H,15,16).